The quantitative estimate of drug-likeness (QED) is 0.595. The first-order valence-electron chi connectivity index (χ1n) is 8.82. The van der Waals surface area contributed by atoms with Crippen LogP contribution in [0, 0.1) is 0 Å². The van der Waals surface area contributed by atoms with Crippen LogP contribution in [0.3, 0.4) is 0 Å². The molecule has 28 heavy (non-hydrogen) atoms. The van der Waals surface area contributed by atoms with Gasteiger partial charge < -0.3 is 14.7 Å². The van der Waals surface area contributed by atoms with Gasteiger partial charge in [-0.15, -0.1) is 0 Å². The van der Waals surface area contributed by atoms with Crippen LogP contribution in [0.5, 0.6) is 5.88 Å². The minimum atomic E-state index is -0.795. The average Bonchev–Trinajstić information content (AvgIpc) is 2.72. The van der Waals surface area contributed by atoms with E-state index in [4.69, 9.17) is 21.4 Å². The van der Waals surface area contributed by atoms with Gasteiger partial charge in [-0.3, -0.25) is 4.79 Å². The molecule has 0 amide bonds. The van der Waals surface area contributed by atoms with Gasteiger partial charge in [0.25, 0.3) is 0 Å². The van der Waals surface area contributed by atoms with E-state index in [1.165, 1.54) is 0 Å². The molecule has 6 heteroatoms. The van der Waals surface area contributed by atoms with Crippen LogP contribution >= 0.6 is 11.6 Å². The lowest BCUT2D eigenvalue weighted by molar-refractivity contribution is -0.136. The predicted octanol–water partition coefficient (Wildman–Crippen LogP) is 5.20. The van der Waals surface area contributed by atoms with Gasteiger partial charge in [0.15, 0.2) is 0 Å². The highest BCUT2D eigenvalue weighted by Crippen LogP contribution is 2.34. The topological polar surface area (TPSA) is 62.7 Å². The molecule has 1 aromatic heterocycles. The number of nitrogens with zero attached hydrogens (tertiary/aromatic N) is 2. The Morgan fingerprint density at radius 2 is 1.79 bits per heavy atom. The lowest BCUT2D eigenvalue weighted by Crippen LogP contribution is -2.11. The Hall–Kier alpha value is -3.05. The van der Waals surface area contributed by atoms with Gasteiger partial charge in [0.1, 0.15) is 5.69 Å². The van der Waals surface area contributed by atoms with Crippen molar-refractivity contribution in [2.75, 3.05) is 19.1 Å². The maximum atomic E-state index is 10.7. The fraction of sp³-hybridized carbons (Fsp3) is 0.182. The summed E-state index contributed by atoms with van der Waals surface area (Å²) in [6, 6.07) is 17.4. The Morgan fingerprint density at radius 3 is 2.39 bits per heavy atom. The molecule has 0 atom stereocenters. The van der Waals surface area contributed by atoms with Crippen LogP contribution in [-0.4, -0.2) is 30.2 Å². The summed E-state index contributed by atoms with van der Waals surface area (Å²) in [5.74, 6) is -0.272. The molecular formula is C22H21ClN2O3. The van der Waals surface area contributed by atoms with Gasteiger partial charge in [-0.2, -0.15) is 0 Å². The highest BCUT2D eigenvalue weighted by molar-refractivity contribution is 6.30. The number of pyridine rings is 1. The molecule has 0 unspecified atom stereocenters. The number of benzene rings is 2. The van der Waals surface area contributed by atoms with Gasteiger partial charge in [-0.1, -0.05) is 35.9 Å². The molecule has 0 fully saturated rings. The number of aromatic nitrogens is 1. The molecule has 5 nitrogen and oxygen atoms in total. The van der Waals surface area contributed by atoms with Gasteiger partial charge >= 0.3 is 5.97 Å². The third kappa shape index (κ3) is 4.61. The number of carboxylic acid groups (broad SMARTS) is 1. The van der Waals surface area contributed by atoms with Crippen molar-refractivity contribution in [3.05, 3.63) is 71.4 Å². The van der Waals surface area contributed by atoms with Crippen LogP contribution in [0.1, 0.15) is 12.0 Å². The third-order valence-electron chi connectivity index (χ3n) is 4.52. The van der Waals surface area contributed by atoms with E-state index in [-0.39, 0.29) is 6.42 Å². The van der Waals surface area contributed by atoms with Crippen LogP contribution in [0.25, 0.3) is 11.1 Å². The zero-order valence-electron chi connectivity index (χ0n) is 15.7. The number of halogens is 1. The fourth-order valence-corrected chi connectivity index (χ4v) is 3.04. The molecule has 0 spiro atoms. The summed E-state index contributed by atoms with van der Waals surface area (Å²) >= 11 is 5.98. The average molecular weight is 397 g/mol. The number of hydrogen-bond donors (Lipinski definition) is 1. The zero-order chi connectivity index (χ0) is 20.1. The maximum Gasteiger partial charge on any atom is 0.303 e. The van der Waals surface area contributed by atoms with E-state index < -0.39 is 5.97 Å². The van der Waals surface area contributed by atoms with Crippen molar-refractivity contribution in [1.82, 2.24) is 4.98 Å². The van der Waals surface area contributed by atoms with Crippen LogP contribution in [0.2, 0.25) is 5.02 Å². The van der Waals surface area contributed by atoms with Crippen LogP contribution < -0.4 is 9.64 Å². The Labute approximate surface area is 169 Å². The largest absolute Gasteiger partial charge is 0.481 e. The second kappa shape index (κ2) is 8.76. The smallest absolute Gasteiger partial charge is 0.303 e. The lowest BCUT2D eigenvalue weighted by atomic mass is 10.1. The summed E-state index contributed by atoms with van der Waals surface area (Å²) in [4.78, 5) is 17.2. The first-order chi connectivity index (χ1) is 13.5. The number of aryl methyl sites for hydroxylation is 1. The summed E-state index contributed by atoms with van der Waals surface area (Å²) in [5, 5.41) is 9.51. The van der Waals surface area contributed by atoms with E-state index in [1.807, 2.05) is 66.5 Å². The number of aliphatic carboxylic acids is 1. The summed E-state index contributed by atoms with van der Waals surface area (Å²) < 4.78 is 5.45. The molecule has 0 aliphatic rings. The normalized spacial score (nSPS) is 10.5. The van der Waals surface area contributed by atoms with E-state index in [2.05, 4.69) is 4.98 Å². The standard InChI is InChI=1S/C22H21ClN2O3/c1-25(19-10-3-15(4-11-19)5-12-21(26)27)20-13-17(14-24-22(20)28-2)16-6-8-18(23)9-7-16/h3-4,6-11,13-14H,5,12H2,1-2H3,(H,26,27). The zero-order valence-corrected chi connectivity index (χ0v) is 16.5. The lowest BCUT2D eigenvalue weighted by Gasteiger charge is -2.22. The Kier molecular flexibility index (Phi) is 6.16. The summed E-state index contributed by atoms with van der Waals surface area (Å²) in [5.41, 5.74) is 4.73. The second-order valence-corrected chi connectivity index (χ2v) is 6.81. The molecule has 2 aromatic carbocycles. The number of carboxylic acids is 1. The van der Waals surface area contributed by atoms with Crippen LogP contribution in [-0.2, 0) is 11.2 Å². The van der Waals surface area contributed by atoms with Crippen molar-refractivity contribution in [3.8, 4) is 17.0 Å². The summed E-state index contributed by atoms with van der Waals surface area (Å²) in [7, 11) is 3.54. The molecule has 1 N–H and O–H groups in total. The molecular weight excluding hydrogens is 376 g/mol. The van der Waals surface area contributed by atoms with Crippen molar-refractivity contribution in [3.63, 3.8) is 0 Å². The van der Waals surface area contributed by atoms with E-state index in [1.54, 1.807) is 13.3 Å². The molecule has 0 radical (unpaired) electrons. The predicted molar refractivity (Wildman–Crippen MR) is 112 cm³/mol. The first kappa shape index (κ1) is 19.7. The Balaban J connectivity index is 1.89. The molecule has 0 aliphatic carbocycles. The monoisotopic (exact) mass is 396 g/mol. The van der Waals surface area contributed by atoms with Gasteiger partial charge in [0.05, 0.1) is 7.11 Å². The van der Waals surface area contributed by atoms with Crippen molar-refractivity contribution in [1.29, 1.82) is 0 Å². The van der Waals surface area contributed by atoms with E-state index >= 15 is 0 Å². The highest BCUT2D eigenvalue weighted by Gasteiger charge is 2.14. The molecule has 144 valence electrons. The summed E-state index contributed by atoms with van der Waals surface area (Å²) in [6.07, 6.45) is 2.40. The molecule has 0 saturated heterocycles. The van der Waals surface area contributed by atoms with E-state index in [9.17, 15) is 4.79 Å². The summed E-state index contributed by atoms with van der Waals surface area (Å²) in [6.45, 7) is 0. The van der Waals surface area contributed by atoms with Gasteiger partial charge in [-0.05, 0) is 47.9 Å². The SMILES string of the molecule is COc1ncc(-c2ccc(Cl)cc2)cc1N(C)c1ccc(CCC(=O)O)cc1. The van der Waals surface area contributed by atoms with Gasteiger partial charge in [0.2, 0.25) is 5.88 Å². The number of methoxy groups -OCH3 is 1. The molecule has 1 heterocycles. The Bertz CT molecular complexity index is 957. The molecule has 0 bridgehead atoms. The molecule has 3 rings (SSSR count). The first-order valence-corrected chi connectivity index (χ1v) is 9.20. The third-order valence-corrected chi connectivity index (χ3v) is 4.77. The number of rotatable bonds is 7. The number of hydrogen-bond acceptors (Lipinski definition) is 4. The van der Waals surface area contributed by atoms with Gasteiger partial charge in [-0.25, -0.2) is 4.98 Å². The van der Waals surface area contributed by atoms with Crippen molar-refractivity contribution >= 4 is 28.9 Å². The Morgan fingerprint density at radius 1 is 1.11 bits per heavy atom. The van der Waals surface area contributed by atoms with Crippen LogP contribution in [0.4, 0.5) is 11.4 Å². The van der Waals surface area contributed by atoms with E-state index in [0.717, 1.165) is 28.1 Å². The fourth-order valence-electron chi connectivity index (χ4n) is 2.91. The molecule has 0 saturated carbocycles. The minimum absolute atomic E-state index is 0.121. The van der Waals surface area contributed by atoms with Crippen molar-refractivity contribution in [2.45, 2.75) is 12.8 Å². The number of ether oxygens (including phenoxy) is 1. The number of carbonyl (C=O) groups is 1. The number of anilines is 2. The molecule has 3 aromatic rings. The van der Waals surface area contributed by atoms with E-state index in [0.29, 0.717) is 17.3 Å². The second-order valence-electron chi connectivity index (χ2n) is 6.38. The minimum Gasteiger partial charge on any atom is -0.481 e. The van der Waals surface area contributed by atoms with Crippen LogP contribution in [0.15, 0.2) is 60.8 Å². The highest BCUT2D eigenvalue weighted by atomic mass is 35.5. The maximum absolute atomic E-state index is 10.7. The van der Waals surface area contributed by atoms with Crippen molar-refractivity contribution < 1.29 is 14.6 Å². The van der Waals surface area contributed by atoms with Crippen molar-refractivity contribution in [2.24, 2.45) is 0 Å². The van der Waals surface area contributed by atoms with Gasteiger partial charge in [0, 0.05) is 35.9 Å². The molecule has 0 aliphatic heterocycles.